The molecule has 192 valence electrons. The molecule has 0 bridgehead atoms. The predicted molar refractivity (Wildman–Crippen MR) is 128 cm³/mol. The molecular formula is C21H36N6O6S. The van der Waals surface area contributed by atoms with Gasteiger partial charge in [0.05, 0.1) is 12.4 Å². The number of thioether (sulfide) groups is 1. The van der Waals surface area contributed by atoms with E-state index in [4.69, 9.17) is 5.73 Å². The molecule has 0 saturated heterocycles. The molecule has 0 aliphatic carbocycles. The van der Waals surface area contributed by atoms with Crippen LogP contribution >= 0.6 is 11.8 Å². The van der Waals surface area contributed by atoms with E-state index < -0.39 is 54.0 Å². The van der Waals surface area contributed by atoms with E-state index in [2.05, 4.69) is 25.9 Å². The number of aliphatic hydroxyl groups excluding tert-OH is 1. The first-order chi connectivity index (χ1) is 16.0. The number of nitrogens with one attached hydrogen (secondary N) is 4. The van der Waals surface area contributed by atoms with Gasteiger partial charge in [0, 0.05) is 18.3 Å². The zero-order valence-corrected chi connectivity index (χ0v) is 20.7. The lowest BCUT2D eigenvalue weighted by atomic mass is 10.0. The summed E-state index contributed by atoms with van der Waals surface area (Å²) in [5, 5.41) is 26.7. The fourth-order valence-electron chi connectivity index (χ4n) is 3.06. The maximum absolute atomic E-state index is 13.0. The highest BCUT2D eigenvalue weighted by molar-refractivity contribution is 7.98. The van der Waals surface area contributed by atoms with Crippen LogP contribution in [0.1, 0.15) is 39.3 Å². The Kier molecular flexibility index (Phi) is 12.6. The van der Waals surface area contributed by atoms with Crippen LogP contribution in [0, 0.1) is 5.92 Å². The number of H-pyrrole nitrogens is 1. The van der Waals surface area contributed by atoms with Gasteiger partial charge in [-0.25, -0.2) is 9.78 Å². The number of rotatable bonds is 15. The summed E-state index contributed by atoms with van der Waals surface area (Å²) in [5.41, 5.74) is 6.20. The smallest absolute Gasteiger partial charge is 0.326 e. The summed E-state index contributed by atoms with van der Waals surface area (Å²) in [4.78, 5) is 56.6. The number of aromatic amines is 1. The lowest BCUT2D eigenvalue weighted by molar-refractivity contribution is -0.142. The Bertz CT molecular complexity index is 804. The van der Waals surface area contributed by atoms with Crippen LogP contribution in [0.3, 0.4) is 0 Å². The third-order valence-electron chi connectivity index (χ3n) is 5.00. The number of amides is 3. The molecule has 0 aromatic carbocycles. The Morgan fingerprint density at radius 2 is 1.65 bits per heavy atom. The number of aromatic nitrogens is 2. The second-order valence-electron chi connectivity index (χ2n) is 8.48. The van der Waals surface area contributed by atoms with E-state index >= 15 is 0 Å². The van der Waals surface area contributed by atoms with Crippen LogP contribution in [0.25, 0.3) is 0 Å². The number of imidazole rings is 1. The normalized spacial score (nSPS) is 15.6. The first kappa shape index (κ1) is 29.4. The molecule has 8 N–H and O–H groups in total. The molecular weight excluding hydrogens is 464 g/mol. The molecule has 0 aliphatic heterocycles. The van der Waals surface area contributed by atoms with E-state index in [-0.39, 0.29) is 25.2 Å². The van der Waals surface area contributed by atoms with Crippen molar-refractivity contribution in [1.29, 1.82) is 0 Å². The number of hydrogen-bond acceptors (Lipinski definition) is 8. The molecule has 0 aliphatic rings. The predicted octanol–water partition coefficient (Wildman–Crippen LogP) is -1.00. The first-order valence-corrected chi connectivity index (χ1v) is 12.4. The van der Waals surface area contributed by atoms with Gasteiger partial charge in [-0.15, -0.1) is 0 Å². The highest BCUT2D eigenvalue weighted by Gasteiger charge is 2.31. The molecule has 1 aromatic heterocycles. The van der Waals surface area contributed by atoms with Crippen molar-refractivity contribution >= 4 is 35.5 Å². The molecule has 3 amide bonds. The van der Waals surface area contributed by atoms with Crippen LogP contribution in [0.5, 0.6) is 0 Å². The minimum atomic E-state index is -1.23. The number of carboxylic acid groups (broad SMARTS) is 1. The van der Waals surface area contributed by atoms with E-state index in [0.717, 1.165) is 0 Å². The van der Waals surface area contributed by atoms with Crippen LogP contribution in [0.4, 0.5) is 0 Å². The average Bonchev–Trinajstić information content (AvgIpc) is 3.27. The Hall–Kier alpha value is -2.64. The monoisotopic (exact) mass is 500 g/mol. The lowest BCUT2D eigenvalue weighted by Crippen LogP contribution is -2.58. The zero-order chi connectivity index (χ0) is 25.8. The number of aliphatic carboxylic acids is 1. The average molecular weight is 501 g/mol. The van der Waals surface area contributed by atoms with Crippen LogP contribution in [-0.2, 0) is 25.6 Å². The van der Waals surface area contributed by atoms with E-state index in [1.165, 1.54) is 31.2 Å². The van der Waals surface area contributed by atoms with E-state index in [1.54, 1.807) is 0 Å². The minimum absolute atomic E-state index is 0.00689. The first-order valence-electron chi connectivity index (χ1n) is 11.0. The molecule has 34 heavy (non-hydrogen) atoms. The van der Waals surface area contributed by atoms with Gasteiger partial charge in [0.25, 0.3) is 0 Å². The summed E-state index contributed by atoms with van der Waals surface area (Å²) >= 11 is 1.47. The second kappa shape index (κ2) is 14.6. The van der Waals surface area contributed by atoms with Crippen molar-refractivity contribution < 1.29 is 29.4 Å². The molecule has 0 radical (unpaired) electrons. The van der Waals surface area contributed by atoms with Crippen molar-refractivity contribution in [3.05, 3.63) is 18.2 Å². The number of hydrogen-bond donors (Lipinski definition) is 7. The molecule has 0 spiro atoms. The topological polar surface area (TPSA) is 200 Å². The van der Waals surface area contributed by atoms with Crippen molar-refractivity contribution in [3.8, 4) is 0 Å². The van der Waals surface area contributed by atoms with Crippen molar-refractivity contribution in [3.63, 3.8) is 0 Å². The Labute approximate surface area is 203 Å². The number of carbonyl (C=O) groups excluding carboxylic acids is 3. The highest BCUT2D eigenvalue weighted by Crippen LogP contribution is 2.09. The van der Waals surface area contributed by atoms with Gasteiger partial charge in [-0.1, -0.05) is 13.8 Å². The van der Waals surface area contributed by atoms with Crippen molar-refractivity contribution in [2.75, 3.05) is 12.0 Å². The highest BCUT2D eigenvalue weighted by atomic mass is 32.2. The van der Waals surface area contributed by atoms with E-state index in [1.807, 2.05) is 20.1 Å². The summed E-state index contributed by atoms with van der Waals surface area (Å²) in [6, 6.07) is -4.43. The maximum Gasteiger partial charge on any atom is 0.326 e. The third-order valence-corrected chi connectivity index (χ3v) is 5.64. The van der Waals surface area contributed by atoms with Crippen LogP contribution < -0.4 is 21.7 Å². The standard InChI is InChI=1S/C21H36N6O6S/c1-11(2)7-15(19(30)27-16(21(32)33)8-13-9-23-10-24-13)26-18(29)14(5-6-34-4)25-20(31)17(22)12(3)28/h9-12,14-17,28H,5-8,22H2,1-4H3,(H,23,24)(H,25,31)(H,26,29)(H,27,30)(H,32,33). The molecule has 1 heterocycles. The quantitative estimate of drug-likeness (QED) is 0.158. The van der Waals surface area contributed by atoms with Gasteiger partial charge in [0.15, 0.2) is 0 Å². The van der Waals surface area contributed by atoms with Crippen LogP contribution in [0.15, 0.2) is 12.5 Å². The van der Waals surface area contributed by atoms with Gasteiger partial charge in [0.2, 0.25) is 17.7 Å². The molecule has 0 fully saturated rings. The Morgan fingerprint density at radius 3 is 2.15 bits per heavy atom. The Balaban J connectivity index is 2.96. The van der Waals surface area contributed by atoms with Gasteiger partial charge in [-0.2, -0.15) is 11.8 Å². The number of aliphatic hydroxyl groups is 1. The largest absolute Gasteiger partial charge is 0.480 e. The summed E-state index contributed by atoms with van der Waals surface area (Å²) in [7, 11) is 0. The summed E-state index contributed by atoms with van der Waals surface area (Å²) in [5.74, 6) is -2.60. The number of carbonyl (C=O) groups is 4. The van der Waals surface area contributed by atoms with Gasteiger partial charge in [-0.05, 0) is 37.7 Å². The zero-order valence-electron chi connectivity index (χ0n) is 19.9. The van der Waals surface area contributed by atoms with Crippen LogP contribution in [0.2, 0.25) is 0 Å². The SMILES string of the molecule is CSCCC(NC(=O)C(N)C(C)O)C(=O)NC(CC(C)C)C(=O)NC(Cc1cnc[nH]1)C(=O)O. The fourth-order valence-corrected chi connectivity index (χ4v) is 3.53. The molecule has 13 heteroatoms. The number of nitrogens with zero attached hydrogens (tertiary/aromatic N) is 1. The van der Waals surface area contributed by atoms with Gasteiger partial charge >= 0.3 is 5.97 Å². The third kappa shape index (κ3) is 10.1. The lowest BCUT2D eigenvalue weighted by Gasteiger charge is -2.26. The van der Waals surface area contributed by atoms with Gasteiger partial charge in [-0.3, -0.25) is 14.4 Å². The fraction of sp³-hybridized carbons (Fsp3) is 0.667. The van der Waals surface area contributed by atoms with Crippen molar-refractivity contribution in [2.24, 2.45) is 11.7 Å². The van der Waals surface area contributed by atoms with E-state index in [9.17, 15) is 29.4 Å². The second-order valence-corrected chi connectivity index (χ2v) is 9.47. The summed E-state index contributed by atoms with van der Waals surface area (Å²) < 4.78 is 0. The molecule has 1 aromatic rings. The molecule has 0 saturated carbocycles. The van der Waals surface area contributed by atoms with Crippen molar-refractivity contribution in [2.45, 2.75) is 70.3 Å². The van der Waals surface area contributed by atoms with Gasteiger partial charge in [0.1, 0.15) is 24.2 Å². The van der Waals surface area contributed by atoms with Gasteiger partial charge < -0.3 is 36.9 Å². The number of carboxylic acids is 1. The van der Waals surface area contributed by atoms with Crippen LogP contribution in [-0.4, -0.2) is 86.2 Å². The summed E-state index contributed by atoms with van der Waals surface area (Å²) in [6.45, 7) is 5.09. The minimum Gasteiger partial charge on any atom is -0.480 e. The Morgan fingerprint density at radius 1 is 1.06 bits per heavy atom. The molecule has 5 atom stereocenters. The molecule has 1 rings (SSSR count). The number of nitrogens with two attached hydrogens (primary N) is 1. The van der Waals surface area contributed by atoms with E-state index in [0.29, 0.717) is 11.4 Å². The molecule has 12 nitrogen and oxygen atoms in total. The summed E-state index contributed by atoms with van der Waals surface area (Å²) in [6.07, 6.45) is 4.14. The van der Waals surface area contributed by atoms with Crippen molar-refractivity contribution in [1.82, 2.24) is 25.9 Å². The molecule has 5 unspecified atom stereocenters. The maximum atomic E-state index is 13.0.